The van der Waals surface area contributed by atoms with E-state index in [1.54, 1.807) is 13.3 Å². The molecule has 1 aliphatic heterocycles. The SMILES string of the molecule is COC1CCN(c2cnn(-c3ccc(C(=O)O)cc3)c(=O)c2Cl)CC1. The van der Waals surface area contributed by atoms with E-state index in [2.05, 4.69) is 5.10 Å². The number of hydrogen-bond donors (Lipinski definition) is 1. The summed E-state index contributed by atoms with van der Waals surface area (Å²) in [6.07, 6.45) is 3.54. The fraction of sp³-hybridized carbons (Fsp3) is 0.353. The Morgan fingerprint density at radius 3 is 2.48 bits per heavy atom. The maximum atomic E-state index is 12.6. The molecule has 2 aromatic rings. The first-order chi connectivity index (χ1) is 12.0. The van der Waals surface area contributed by atoms with Crippen LogP contribution in [0.5, 0.6) is 0 Å². The number of anilines is 1. The van der Waals surface area contributed by atoms with Gasteiger partial charge in [0.15, 0.2) is 0 Å². The molecule has 0 unspecified atom stereocenters. The zero-order valence-electron chi connectivity index (χ0n) is 13.7. The van der Waals surface area contributed by atoms with Gasteiger partial charge in [-0.1, -0.05) is 11.6 Å². The second-order valence-electron chi connectivity index (χ2n) is 5.83. The van der Waals surface area contributed by atoms with Gasteiger partial charge in [-0.2, -0.15) is 9.78 Å². The fourth-order valence-electron chi connectivity index (χ4n) is 2.91. The molecule has 1 N–H and O–H groups in total. The van der Waals surface area contributed by atoms with Crippen LogP contribution in [-0.2, 0) is 4.74 Å². The number of carboxylic acid groups (broad SMARTS) is 1. The molecule has 1 aromatic carbocycles. The second-order valence-corrected chi connectivity index (χ2v) is 6.21. The molecule has 0 atom stereocenters. The van der Waals surface area contributed by atoms with Crippen molar-refractivity contribution in [3.05, 3.63) is 51.4 Å². The number of carboxylic acids is 1. The van der Waals surface area contributed by atoms with Crippen molar-refractivity contribution in [1.29, 1.82) is 0 Å². The average molecular weight is 364 g/mol. The van der Waals surface area contributed by atoms with Gasteiger partial charge in [0.05, 0.1) is 29.2 Å². The first-order valence-corrected chi connectivity index (χ1v) is 8.28. The van der Waals surface area contributed by atoms with E-state index in [4.69, 9.17) is 21.4 Å². The third kappa shape index (κ3) is 3.52. The summed E-state index contributed by atoms with van der Waals surface area (Å²) < 4.78 is 6.52. The number of aromatic carboxylic acids is 1. The maximum absolute atomic E-state index is 12.6. The predicted octanol–water partition coefficient (Wildman–Crippen LogP) is 2.20. The minimum absolute atomic E-state index is 0.105. The van der Waals surface area contributed by atoms with E-state index in [-0.39, 0.29) is 16.7 Å². The number of rotatable bonds is 4. The smallest absolute Gasteiger partial charge is 0.335 e. The van der Waals surface area contributed by atoms with E-state index in [9.17, 15) is 9.59 Å². The van der Waals surface area contributed by atoms with Crippen LogP contribution >= 0.6 is 11.6 Å². The lowest BCUT2D eigenvalue weighted by Gasteiger charge is -2.33. The van der Waals surface area contributed by atoms with Crippen molar-refractivity contribution >= 4 is 23.3 Å². The summed E-state index contributed by atoms with van der Waals surface area (Å²) in [6, 6.07) is 5.89. The van der Waals surface area contributed by atoms with Gasteiger partial charge in [-0.25, -0.2) is 4.79 Å². The van der Waals surface area contributed by atoms with E-state index in [0.29, 0.717) is 11.4 Å². The van der Waals surface area contributed by atoms with Crippen molar-refractivity contribution in [2.45, 2.75) is 18.9 Å². The zero-order chi connectivity index (χ0) is 18.0. The van der Waals surface area contributed by atoms with Gasteiger partial charge in [-0.3, -0.25) is 4.79 Å². The lowest BCUT2D eigenvalue weighted by molar-refractivity contribution is 0.0697. The number of methoxy groups -OCH3 is 1. The van der Waals surface area contributed by atoms with Gasteiger partial charge >= 0.3 is 5.97 Å². The van der Waals surface area contributed by atoms with Crippen molar-refractivity contribution in [2.75, 3.05) is 25.1 Å². The number of ether oxygens (including phenoxy) is 1. The summed E-state index contributed by atoms with van der Waals surface area (Å²) in [5.41, 5.74) is 0.776. The molecule has 2 heterocycles. The molecule has 0 bridgehead atoms. The van der Waals surface area contributed by atoms with Gasteiger partial charge in [0.1, 0.15) is 5.02 Å². The Balaban J connectivity index is 1.88. The Kier molecular flexibility index (Phi) is 5.06. The summed E-state index contributed by atoms with van der Waals surface area (Å²) in [7, 11) is 1.70. The van der Waals surface area contributed by atoms with E-state index in [0.717, 1.165) is 25.9 Å². The lowest BCUT2D eigenvalue weighted by Crippen LogP contribution is -2.38. The molecule has 0 spiro atoms. The van der Waals surface area contributed by atoms with Crippen LogP contribution in [-0.4, -0.2) is 47.2 Å². The minimum atomic E-state index is -1.03. The molecule has 0 aliphatic carbocycles. The van der Waals surface area contributed by atoms with Crippen LogP contribution in [0, 0.1) is 0 Å². The molecule has 132 valence electrons. The summed E-state index contributed by atoms with van der Waals surface area (Å²) in [6.45, 7) is 1.49. The Hall–Kier alpha value is -2.38. The van der Waals surface area contributed by atoms with Gasteiger partial charge in [0, 0.05) is 20.2 Å². The van der Waals surface area contributed by atoms with E-state index < -0.39 is 11.5 Å². The number of nitrogens with zero attached hydrogens (tertiary/aromatic N) is 3. The predicted molar refractivity (Wildman–Crippen MR) is 94.0 cm³/mol. The number of aromatic nitrogens is 2. The minimum Gasteiger partial charge on any atom is -0.478 e. The van der Waals surface area contributed by atoms with Crippen LogP contribution in [0.2, 0.25) is 5.02 Å². The van der Waals surface area contributed by atoms with Crippen LogP contribution in [0.3, 0.4) is 0 Å². The van der Waals surface area contributed by atoms with Crippen molar-refractivity contribution < 1.29 is 14.6 Å². The van der Waals surface area contributed by atoms with Crippen LogP contribution in [0.25, 0.3) is 5.69 Å². The Labute approximate surface area is 149 Å². The lowest BCUT2D eigenvalue weighted by atomic mass is 10.1. The summed E-state index contributed by atoms with van der Waals surface area (Å²) >= 11 is 6.29. The molecule has 8 heteroatoms. The molecule has 0 radical (unpaired) electrons. The van der Waals surface area contributed by atoms with Gasteiger partial charge in [0.2, 0.25) is 0 Å². The fourth-order valence-corrected chi connectivity index (χ4v) is 3.15. The number of benzene rings is 1. The Morgan fingerprint density at radius 1 is 1.28 bits per heavy atom. The monoisotopic (exact) mass is 363 g/mol. The zero-order valence-corrected chi connectivity index (χ0v) is 14.4. The van der Waals surface area contributed by atoms with E-state index in [1.165, 1.54) is 28.9 Å². The van der Waals surface area contributed by atoms with Crippen molar-refractivity contribution in [2.24, 2.45) is 0 Å². The largest absolute Gasteiger partial charge is 0.478 e. The molecular weight excluding hydrogens is 346 g/mol. The third-order valence-corrected chi connectivity index (χ3v) is 4.73. The number of piperidine rings is 1. The quantitative estimate of drug-likeness (QED) is 0.896. The molecule has 1 aromatic heterocycles. The Morgan fingerprint density at radius 2 is 1.92 bits per heavy atom. The van der Waals surface area contributed by atoms with Crippen molar-refractivity contribution in [1.82, 2.24) is 9.78 Å². The van der Waals surface area contributed by atoms with E-state index >= 15 is 0 Å². The van der Waals surface area contributed by atoms with Crippen molar-refractivity contribution in [3.63, 3.8) is 0 Å². The van der Waals surface area contributed by atoms with Gasteiger partial charge in [-0.05, 0) is 37.1 Å². The van der Waals surface area contributed by atoms with Gasteiger partial charge in [-0.15, -0.1) is 0 Å². The maximum Gasteiger partial charge on any atom is 0.335 e. The summed E-state index contributed by atoms with van der Waals surface area (Å²) in [5, 5.41) is 13.2. The average Bonchev–Trinajstić information content (AvgIpc) is 2.64. The topological polar surface area (TPSA) is 84.7 Å². The van der Waals surface area contributed by atoms with Crippen LogP contribution in [0.4, 0.5) is 5.69 Å². The van der Waals surface area contributed by atoms with E-state index in [1.807, 2.05) is 4.90 Å². The number of halogens is 1. The highest BCUT2D eigenvalue weighted by molar-refractivity contribution is 6.33. The highest BCUT2D eigenvalue weighted by Crippen LogP contribution is 2.25. The first kappa shape index (κ1) is 17.4. The Bertz CT molecular complexity index is 827. The third-order valence-electron chi connectivity index (χ3n) is 4.38. The molecule has 7 nitrogen and oxygen atoms in total. The molecular formula is C17H18ClN3O4. The second kappa shape index (κ2) is 7.25. The van der Waals surface area contributed by atoms with Crippen LogP contribution < -0.4 is 10.5 Å². The number of hydrogen-bond acceptors (Lipinski definition) is 5. The standard InChI is InChI=1S/C17H18ClN3O4/c1-25-13-6-8-20(9-7-13)14-10-19-21(16(22)15(14)18)12-4-2-11(3-5-12)17(23)24/h2-5,10,13H,6-9H2,1H3,(H,23,24). The molecule has 0 amide bonds. The van der Waals surface area contributed by atoms with Gasteiger partial charge in [0.25, 0.3) is 5.56 Å². The molecule has 25 heavy (non-hydrogen) atoms. The summed E-state index contributed by atoms with van der Waals surface area (Å²) in [4.78, 5) is 25.5. The number of carbonyl (C=O) groups is 1. The normalized spacial score (nSPS) is 15.4. The van der Waals surface area contributed by atoms with Crippen LogP contribution in [0.1, 0.15) is 23.2 Å². The molecule has 1 aliphatic rings. The van der Waals surface area contributed by atoms with Crippen LogP contribution in [0.15, 0.2) is 35.3 Å². The molecule has 3 rings (SSSR count). The first-order valence-electron chi connectivity index (χ1n) is 7.90. The molecule has 1 saturated heterocycles. The highest BCUT2D eigenvalue weighted by atomic mass is 35.5. The highest BCUT2D eigenvalue weighted by Gasteiger charge is 2.22. The molecule has 0 saturated carbocycles. The van der Waals surface area contributed by atoms with Gasteiger partial charge < -0.3 is 14.7 Å². The molecule has 1 fully saturated rings. The van der Waals surface area contributed by atoms with Crippen molar-refractivity contribution in [3.8, 4) is 5.69 Å². The summed E-state index contributed by atoms with van der Waals surface area (Å²) in [5.74, 6) is -1.03.